The van der Waals surface area contributed by atoms with Gasteiger partial charge in [0.05, 0.1) is 0 Å². The van der Waals surface area contributed by atoms with Crippen molar-refractivity contribution >= 4 is 5.57 Å². The van der Waals surface area contributed by atoms with Crippen molar-refractivity contribution in [2.45, 2.75) is 33.6 Å². The van der Waals surface area contributed by atoms with Crippen LogP contribution in [-0.2, 0) is 0 Å². The van der Waals surface area contributed by atoms with Crippen molar-refractivity contribution in [1.82, 2.24) is 0 Å². The highest BCUT2D eigenvalue weighted by Gasteiger charge is 1.95. The molecule has 0 radical (unpaired) electrons. The lowest BCUT2D eigenvalue weighted by Crippen LogP contribution is -1.81. The predicted octanol–water partition coefficient (Wildman–Crippen LogP) is 4.75. The number of hydrogen-bond acceptors (Lipinski definition) is 0. The minimum absolute atomic E-state index is 1.16. The number of rotatable bonds is 4. The minimum atomic E-state index is 1.16. The van der Waals surface area contributed by atoms with E-state index in [2.05, 4.69) is 63.3 Å². The Bertz CT molecular complexity index is 339. The summed E-state index contributed by atoms with van der Waals surface area (Å²) in [4.78, 5) is 0. The third-order valence-corrected chi connectivity index (χ3v) is 2.45. The summed E-state index contributed by atoms with van der Waals surface area (Å²) in [5.41, 5.74) is 3.92. The number of hydrogen-bond donors (Lipinski definition) is 0. The Morgan fingerprint density at radius 2 is 1.87 bits per heavy atom. The fraction of sp³-hybridized carbons (Fsp3) is 0.333. The smallest absolute Gasteiger partial charge is 0.0187 e. The third kappa shape index (κ3) is 3.75. The van der Waals surface area contributed by atoms with Crippen molar-refractivity contribution in [3.8, 4) is 0 Å². The highest BCUT2D eigenvalue weighted by atomic mass is 14.0. The van der Waals surface area contributed by atoms with Crippen molar-refractivity contribution in [3.63, 3.8) is 0 Å². The molecule has 0 N–H and O–H groups in total. The molecule has 0 spiro atoms. The SMILES string of the molecule is C/C=C(\C=C/CCC)c1ccc(C)cc1. The molecule has 0 atom stereocenters. The van der Waals surface area contributed by atoms with Crippen LogP contribution in [0, 0.1) is 6.92 Å². The molecule has 0 aliphatic heterocycles. The standard InChI is InChI=1S/C15H20/c1-4-6-7-8-14(5-2)15-11-9-13(3)10-12-15/h5,7-12H,4,6H2,1-3H3/b8-7-,14-5+. The van der Waals surface area contributed by atoms with E-state index < -0.39 is 0 Å². The maximum Gasteiger partial charge on any atom is -0.0187 e. The van der Waals surface area contributed by atoms with Gasteiger partial charge in [0, 0.05) is 0 Å². The van der Waals surface area contributed by atoms with Crippen molar-refractivity contribution in [2.75, 3.05) is 0 Å². The van der Waals surface area contributed by atoms with Gasteiger partial charge < -0.3 is 0 Å². The van der Waals surface area contributed by atoms with Crippen molar-refractivity contribution in [2.24, 2.45) is 0 Å². The monoisotopic (exact) mass is 200 g/mol. The molecule has 0 aromatic heterocycles. The second-order valence-electron chi connectivity index (χ2n) is 3.80. The molecule has 1 rings (SSSR count). The van der Waals surface area contributed by atoms with E-state index in [-0.39, 0.29) is 0 Å². The highest BCUT2D eigenvalue weighted by molar-refractivity contribution is 5.73. The summed E-state index contributed by atoms with van der Waals surface area (Å²) in [7, 11) is 0. The van der Waals surface area contributed by atoms with Gasteiger partial charge in [-0.25, -0.2) is 0 Å². The maximum atomic E-state index is 2.25. The van der Waals surface area contributed by atoms with E-state index in [1.165, 1.54) is 23.1 Å². The van der Waals surface area contributed by atoms with E-state index in [4.69, 9.17) is 0 Å². The maximum absolute atomic E-state index is 2.25. The molecule has 1 aromatic rings. The van der Waals surface area contributed by atoms with Crippen LogP contribution in [0.5, 0.6) is 0 Å². The van der Waals surface area contributed by atoms with Crippen LogP contribution in [0.25, 0.3) is 5.57 Å². The van der Waals surface area contributed by atoms with Crippen LogP contribution in [-0.4, -0.2) is 0 Å². The number of allylic oxidation sites excluding steroid dienone is 4. The molecule has 0 bridgehead atoms. The predicted molar refractivity (Wildman–Crippen MR) is 68.9 cm³/mol. The van der Waals surface area contributed by atoms with Crippen LogP contribution in [0.4, 0.5) is 0 Å². The van der Waals surface area contributed by atoms with Crippen LogP contribution in [0.2, 0.25) is 0 Å². The Labute approximate surface area is 93.3 Å². The fourth-order valence-corrected chi connectivity index (χ4v) is 1.48. The number of unbranched alkanes of at least 4 members (excludes halogenated alkanes) is 1. The summed E-state index contributed by atoms with van der Waals surface area (Å²) in [5.74, 6) is 0. The van der Waals surface area contributed by atoms with E-state index >= 15 is 0 Å². The molecular weight excluding hydrogens is 180 g/mol. The molecule has 0 aliphatic rings. The van der Waals surface area contributed by atoms with E-state index in [1.807, 2.05) is 0 Å². The van der Waals surface area contributed by atoms with Gasteiger partial charge in [0.2, 0.25) is 0 Å². The lowest BCUT2D eigenvalue weighted by atomic mass is 10.0. The van der Waals surface area contributed by atoms with Crippen LogP contribution in [0.15, 0.2) is 42.5 Å². The van der Waals surface area contributed by atoms with Gasteiger partial charge in [-0.2, -0.15) is 0 Å². The van der Waals surface area contributed by atoms with Gasteiger partial charge in [-0.3, -0.25) is 0 Å². The molecule has 0 heteroatoms. The van der Waals surface area contributed by atoms with Crippen LogP contribution in [0.1, 0.15) is 37.8 Å². The summed E-state index contributed by atoms with van der Waals surface area (Å²) in [6.07, 6.45) is 8.99. The van der Waals surface area contributed by atoms with Gasteiger partial charge in [-0.05, 0) is 31.4 Å². The molecule has 0 unspecified atom stereocenters. The number of aryl methyl sites for hydroxylation is 1. The molecule has 1 aromatic carbocycles. The lowest BCUT2D eigenvalue weighted by molar-refractivity contribution is 0.959. The van der Waals surface area contributed by atoms with E-state index in [1.54, 1.807) is 0 Å². The Morgan fingerprint density at radius 3 is 2.40 bits per heavy atom. The summed E-state index contributed by atoms with van der Waals surface area (Å²) >= 11 is 0. The molecular formula is C15H20. The first-order valence-electron chi connectivity index (χ1n) is 5.67. The zero-order valence-electron chi connectivity index (χ0n) is 9.96. The highest BCUT2D eigenvalue weighted by Crippen LogP contribution is 2.16. The lowest BCUT2D eigenvalue weighted by Gasteiger charge is -2.02. The van der Waals surface area contributed by atoms with Crippen LogP contribution in [0.3, 0.4) is 0 Å². The second-order valence-corrected chi connectivity index (χ2v) is 3.80. The summed E-state index contributed by atoms with van der Waals surface area (Å²) in [6.45, 7) is 6.41. The molecule has 0 aliphatic carbocycles. The molecule has 0 heterocycles. The topological polar surface area (TPSA) is 0 Å². The van der Waals surface area contributed by atoms with Gasteiger partial charge in [0.15, 0.2) is 0 Å². The van der Waals surface area contributed by atoms with Crippen molar-refractivity contribution in [3.05, 3.63) is 53.6 Å². The molecule has 0 amide bonds. The Hall–Kier alpha value is -1.30. The average Bonchev–Trinajstić information content (AvgIpc) is 2.26. The largest absolute Gasteiger partial charge is 0.0839 e. The molecule has 0 nitrogen and oxygen atoms in total. The second kappa shape index (κ2) is 6.23. The van der Waals surface area contributed by atoms with E-state index in [9.17, 15) is 0 Å². The fourth-order valence-electron chi connectivity index (χ4n) is 1.48. The van der Waals surface area contributed by atoms with Crippen LogP contribution >= 0.6 is 0 Å². The third-order valence-electron chi connectivity index (χ3n) is 2.45. The summed E-state index contributed by atoms with van der Waals surface area (Å²) in [6, 6.07) is 8.68. The average molecular weight is 200 g/mol. The zero-order chi connectivity index (χ0) is 11.1. The number of benzene rings is 1. The first-order valence-corrected chi connectivity index (χ1v) is 5.67. The summed E-state index contributed by atoms with van der Waals surface area (Å²) < 4.78 is 0. The minimum Gasteiger partial charge on any atom is -0.0839 e. The first-order chi connectivity index (χ1) is 7.27. The molecule has 0 fully saturated rings. The van der Waals surface area contributed by atoms with Crippen molar-refractivity contribution in [1.29, 1.82) is 0 Å². The summed E-state index contributed by atoms with van der Waals surface area (Å²) in [5, 5.41) is 0. The Balaban J connectivity index is 2.80. The molecule has 80 valence electrons. The van der Waals surface area contributed by atoms with Gasteiger partial charge in [-0.15, -0.1) is 0 Å². The van der Waals surface area contributed by atoms with Crippen molar-refractivity contribution < 1.29 is 0 Å². The van der Waals surface area contributed by atoms with Gasteiger partial charge >= 0.3 is 0 Å². The molecule has 0 saturated heterocycles. The van der Waals surface area contributed by atoms with E-state index in [0.29, 0.717) is 0 Å². The Morgan fingerprint density at radius 1 is 1.20 bits per heavy atom. The normalized spacial score (nSPS) is 12.3. The first kappa shape index (κ1) is 11.8. The molecule has 15 heavy (non-hydrogen) atoms. The van der Waals surface area contributed by atoms with Crippen LogP contribution < -0.4 is 0 Å². The van der Waals surface area contributed by atoms with E-state index in [0.717, 1.165) is 6.42 Å². The van der Waals surface area contributed by atoms with Gasteiger partial charge in [-0.1, -0.05) is 61.4 Å². The van der Waals surface area contributed by atoms with Gasteiger partial charge in [0.25, 0.3) is 0 Å². The zero-order valence-corrected chi connectivity index (χ0v) is 9.96. The Kier molecular flexibility index (Phi) is 4.89. The molecule has 0 saturated carbocycles. The van der Waals surface area contributed by atoms with Gasteiger partial charge in [0.1, 0.15) is 0 Å². The quantitative estimate of drug-likeness (QED) is 0.615.